The number of hydrogen-bond donors (Lipinski definition) is 1. The summed E-state index contributed by atoms with van der Waals surface area (Å²) in [5.74, 6) is -2.14. The average Bonchev–Trinajstić information content (AvgIpc) is 2.75. The third-order valence-corrected chi connectivity index (χ3v) is 4.74. The van der Waals surface area contributed by atoms with Crippen LogP contribution in [0.1, 0.15) is 67.7 Å². The van der Waals surface area contributed by atoms with Gasteiger partial charge in [-0.3, -0.25) is 14.6 Å². The Bertz CT molecular complexity index is 728. The van der Waals surface area contributed by atoms with Gasteiger partial charge in [-0.1, -0.05) is 33.6 Å². The number of allylic oxidation sites excluding steroid dienone is 1. The maximum absolute atomic E-state index is 12.8. The Labute approximate surface area is 197 Å². The van der Waals surface area contributed by atoms with Crippen molar-refractivity contribution in [3.63, 3.8) is 0 Å². The number of carbonyl (C=O) groups is 3. The van der Waals surface area contributed by atoms with E-state index in [0.29, 0.717) is 6.61 Å². The molecule has 1 N–H and O–H groups in total. The summed E-state index contributed by atoms with van der Waals surface area (Å²) in [7, 11) is 1.36. The van der Waals surface area contributed by atoms with Gasteiger partial charge in [-0.25, -0.2) is 4.79 Å². The van der Waals surface area contributed by atoms with E-state index < -0.39 is 30.0 Å². The smallest absolute Gasteiger partial charge is 0.328 e. The zero-order valence-electron chi connectivity index (χ0n) is 21.2. The topological polar surface area (TPSA) is 113 Å². The number of aliphatic imine (C=N–C) groups is 1. The number of rotatable bonds is 15. The first-order chi connectivity index (χ1) is 15.5. The number of methoxy groups -OCH3 is 1. The van der Waals surface area contributed by atoms with Crippen molar-refractivity contribution in [1.29, 1.82) is 0 Å². The third kappa shape index (κ3) is 10.7. The molecule has 0 fully saturated rings. The fraction of sp³-hybridized carbons (Fsp3) is 0.667. The van der Waals surface area contributed by atoms with E-state index in [9.17, 15) is 14.4 Å². The SMILES string of the molecule is C=N/C(C(=O)N[C@@H](C)C(=O)O[C@H](C(C)C)[C@H](C)OCCCCC)=C(OC(C)=O)\C(=C/C)OC. The molecular formula is C24H40N2O7. The van der Waals surface area contributed by atoms with Crippen LogP contribution in [0.5, 0.6) is 0 Å². The molecule has 0 aliphatic heterocycles. The number of carbonyl (C=O) groups excluding carboxylic acids is 3. The largest absolute Gasteiger partial charge is 0.493 e. The molecule has 0 saturated heterocycles. The minimum atomic E-state index is -1.00. The molecule has 0 rings (SSSR count). The summed E-state index contributed by atoms with van der Waals surface area (Å²) in [6, 6.07) is -1.00. The Morgan fingerprint density at radius 2 is 1.76 bits per heavy atom. The van der Waals surface area contributed by atoms with Gasteiger partial charge in [-0.2, -0.15) is 0 Å². The molecule has 1 amide bonds. The van der Waals surface area contributed by atoms with Crippen LogP contribution >= 0.6 is 0 Å². The molecule has 0 spiro atoms. The average molecular weight is 469 g/mol. The van der Waals surface area contributed by atoms with Crippen LogP contribution in [0, 0.1) is 5.92 Å². The van der Waals surface area contributed by atoms with Crippen LogP contribution in [0.4, 0.5) is 0 Å². The number of ether oxygens (including phenoxy) is 4. The van der Waals surface area contributed by atoms with Crippen LogP contribution in [-0.4, -0.2) is 56.5 Å². The molecule has 188 valence electrons. The molecule has 0 aromatic carbocycles. The minimum Gasteiger partial charge on any atom is -0.493 e. The van der Waals surface area contributed by atoms with Crippen LogP contribution < -0.4 is 5.32 Å². The lowest BCUT2D eigenvalue weighted by atomic mass is 10.0. The Kier molecular flexibility index (Phi) is 14.7. The van der Waals surface area contributed by atoms with Crippen molar-refractivity contribution in [2.24, 2.45) is 10.9 Å². The van der Waals surface area contributed by atoms with E-state index in [1.165, 1.54) is 27.0 Å². The molecule has 0 saturated carbocycles. The van der Waals surface area contributed by atoms with Gasteiger partial charge in [0.1, 0.15) is 12.1 Å². The van der Waals surface area contributed by atoms with Crippen LogP contribution in [0.15, 0.2) is 28.3 Å². The predicted octanol–water partition coefficient (Wildman–Crippen LogP) is 3.68. The number of unbranched alkanes of at least 4 members (excludes halogenated alkanes) is 2. The number of amides is 1. The second-order valence-corrected chi connectivity index (χ2v) is 7.91. The van der Waals surface area contributed by atoms with Crippen LogP contribution in [0.25, 0.3) is 0 Å². The van der Waals surface area contributed by atoms with Crippen molar-refractivity contribution >= 4 is 24.6 Å². The number of nitrogens with one attached hydrogen (secondary N) is 1. The Hall–Kier alpha value is -2.68. The van der Waals surface area contributed by atoms with Crippen LogP contribution in [-0.2, 0) is 33.3 Å². The highest BCUT2D eigenvalue weighted by Crippen LogP contribution is 2.20. The molecule has 0 unspecified atom stereocenters. The molecule has 9 heteroatoms. The molecule has 0 radical (unpaired) electrons. The lowest BCUT2D eigenvalue weighted by Gasteiger charge is -2.28. The monoisotopic (exact) mass is 468 g/mol. The summed E-state index contributed by atoms with van der Waals surface area (Å²) in [4.78, 5) is 40.7. The summed E-state index contributed by atoms with van der Waals surface area (Å²) >= 11 is 0. The molecule has 0 aliphatic carbocycles. The van der Waals surface area contributed by atoms with Gasteiger partial charge >= 0.3 is 11.9 Å². The van der Waals surface area contributed by atoms with Crippen molar-refractivity contribution in [2.75, 3.05) is 13.7 Å². The second-order valence-electron chi connectivity index (χ2n) is 7.91. The molecule has 0 bridgehead atoms. The van der Waals surface area contributed by atoms with Crippen LogP contribution in [0.3, 0.4) is 0 Å². The first kappa shape index (κ1) is 30.3. The summed E-state index contributed by atoms with van der Waals surface area (Å²) in [5, 5.41) is 2.51. The second kappa shape index (κ2) is 16.0. The van der Waals surface area contributed by atoms with Gasteiger partial charge in [-0.05, 0) is 45.9 Å². The molecule has 0 aromatic heterocycles. The summed E-state index contributed by atoms with van der Waals surface area (Å²) in [6.07, 6.45) is 3.83. The fourth-order valence-corrected chi connectivity index (χ4v) is 3.00. The Balaban J connectivity index is 5.43. The van der Waals surface area contributed by atoms with E-state index in [4.69, 9.17) is 18.9 Å². The highest BCUT2D eigenvalue weighted by Gasteiger charge is 2.30. The molecule has 0 aromatic rings. The van der Waals surface area contributed by atoms with Crippen molar-refractivity contribution < 1.29 is 33.3 Å². The molecule has 33 heavy (non-hydrogen) atoms. The van der Waals surface area contributed by atoms with Crippen molar-refractivity contribution in [3.05, 3.63) is 23.3 Å². The molecule has 3 atom stereocenters. The summed E-state index contributed by atoms with van der Waals surface area (Å²) in [5.41, 5.74) is -0.298. The molecule has 9 nitrogen and oxygen atoms in total. The number of hydrogen-bond acceptors (Lipinski definition) is 8. The standard InChI is InChI=1S/C24H40N2O7/c1-10-12-13-14-31-17(6)21(15(3)4)33-24(29)16(5)26-23(28)20(25-8)22(32-18(7)27)19(11-2)30-9/h11,15-17,21H,8,10,12-14H2,1-7,9H3,(H,26,28)/b19-11+,22-20+/t16-,17-,21+/m0/s1. The highest BCUT2D eigenvalue weighted by atomic mass is 16.6. The van der Waals surface area contributed by atoms with E-state index in [1.807, 2.05) is 20.8 Å². The van der Waals surface area contributed by atoms with Crippen molar-refractivity contribution in [2.45, 2.75) is 86.0 Å². The first-order valence-electron chi connectivity index (χ1n) is 11.3. The van der Waals surface area contributed by atoms with Gasteiger partial charge in [0.2, 0.25) is 5.76 Å². The Morgan fingerprint density at radius 3 is 2.21 bits per heavy atom. The third-order valence-electron chi connectivity index (χ3n) is 4.74. The normalized spacial score (nSPS) is 15.1. The van der Waals surface area contributed by atoms with Gasteiger partial charge < -0.3 is 24.3 Å². The maximum atomic E-state index is 12.8. The van der Waals surface area contributed by atoms with Gasteiger partial charge in [0.25, 0.3) is 5.91 Å². The highest BCUT2D eigenvalue weighted by molar-refractivity contribution is 5.97. The summed E-state index contributed by atoms with van der Waals surface area (Å²) in [6.45, 7) is 16.1. The van der Waals surface area contributed by atoms with Crippen molar-refractivity contribution in [3.8, 4) is 0 Å². The molecular weight excluding hydrogens is 428 g/mol. The van der Waals surface area contributed by atoms with E-state index in [-0.39, 0.29) is 29.2 Å². The fourth-order valence-electron chi connectivity index (χ4n) is 3.00. The zero-order valence-corrected chi connectivity index (χ0v) is 21.2. The van der Waals surface area contributed by atoms with E-state index >= 15 is 0 Å². The first-order valence-corrected chi connectivity index (χ1v) is 11.3. The quantitative estimate of drug-likeness (QED) is 0.0974. The van der Waals surface area contributed by atoms with Crippen LogP contribution in [0.2, 0.25) is 0 Å². The molecule has 0 aliphatic rings. The van der Waals surface area contributed by atoms with Gasteiger partial charge in [0.05, 0.1) is 13.2 Å². The number of nitrogens with zero attached hydrogens (tertiary/aromatic N) is 1. The number of esters is 2. The van der Waals surface area contributed by atoms with Crippen molar-refractivity contribution in [1.82, 2.24) is 5.32 Å². The van der Waals surface area contributed by atoms with E-state index in [1.54, 1.807) is 6.92 Å². The van der Waals surface area contributed by atoms with Gasteiger partial charge in [0, 0.05) is 13.5 Å². The maximum Gasteiger partial charge on any atom is 0.328 e. The van der Waals surface area contributed by atoms with E-state index in [0.717, 1.165) is 19.3 Å². The van der Waals surface area contributed by atoms with Gasteiger partial charge in [-0.15, -0.1) is 0 Å². The zero-order chi connectivity index (χ0) is 25.6. The predicted molar refractivity (Wildman–Crippen MR) is 126 cm³/mol. The lowest BCUT2D eigenvalue weighted by molar-refractivity contribution is -0.163. The van der Waals surface area contributed by atoms with E-state index in [2.05, 4.69) is 24.0 Å². The Morgan fingerprint density at radius 1 is 1.12 bits per heavy atom. The summed E-state index contributed by atoms with van der Waals surface area (Å²) < 4.78 is 21.8. The lowest BCUT2D eigenvalue weighted by Crippen LogP contribution is -2.44. The minimum absolute atomic E-state index is 0.0119. The van der Waals surface area contributed by atoms with Gasteiger partial charge in [0.15, 0.2) is 11.5 Å². The molecule has 0 heterocycles.